The Kier molecular flexibility index (Phi) is 3.21. The standard InChI is InChI=1S/C12H15N3/c13-9-10-1-3-11(4-2-10)15-12-5-7-14-8-6-12/h1-4,12,14-15H,5-8H2. The molecule has 0 amide bonds. The molecule has 0 atom stereocenters. The summed E-state index contributed by atoms with van der Waals surface area (Å²) < 4.78 is 0. The van der Waals surface area contributed by atoms with Crippen molar-refractivity contribution in [2.24, 2.45) is 0 Å². The highest BCUT2D eigenvalue weighted by Crippen LogP contribution is 2.14. The molecule has 1 heterocycles. The maximum absolute atomic E-state index is 8.67. The number of nitrogens with one attached hydrogen (secondary N) is 2. The molecule has 0 radical (unpaired) electrons. The zero-order valence-electron chi connectivity index (χ0n) is 8.66. The van der Waals surface area contributed by atoms with Crippen LogP contribution in [0, 0.1) is 11.3 Å². The SMILES string of the molecule is N#Cc1ccc(NC2CCNCC2)cc1. The second-order valence-corrected chi connectivity index (χ2v) is 3.86. The highest BCUT2D eigenvalue weighted by atomic mass is 15.0. The Morgan fingerprint density at radius 3 is 2.47 bits per heavy atom. The van der Waals surface area contributed by atoms with Gasteiger partial charge >= 0.3 is 0 Å². The molecule has 1 fully saturated rings. The molecule has 0 bridgehead atoms. The largest absolute Gasteiger partial charge is 0.382 e. The van der Waals surface area contributed by atoms with Gasteiger partial charge in [0.25, 0.3) is 0 Å². The summed E-state index contributed by atoms with van der Waals surface area (Å²) in [5.74, 6) is 0. The van der Waals surface area contributed by atoms with Crippen molar-refractivity contribution in [3.63, 3.8) is 0 Å². The minimum atomic E-state index is 0.569. The number of nitrogens with zero attached hydrogens (tertiary/aromatic N) is 1. The maximum atomic E-state index is 8.67. The first kappa shape index (κ1) is 10.0. The summed E-state index contributed by atoms with van der Waals surface area (Å²) in [5, 5.41) is 15.5. The normalized spacial score (nSPS) is 17.0. The number of hydrogen-bond donors (Lipinski definition) is 2. The molecule has 0 aromatic heterocycles. The van der Waals surface area contributed by atoms with Gasteiger partial charge in [0.15, 0.2) is 0 Å². The molecular formula is C12H15N3. The van der Waals surface area contributed by atoms with Gasteiger partial charge in [-0.3, -0.25) is 0 Å². The minimum Gasteiger partial charge on any atom is -0.382 e. The van der Waals surface area contributed by atoms with Crippen LogP contribution in [-0.2, 0) is 0 Å². The molecule has 0 saturated carbocycles. The Labute approximate surface area is 90.1 Å². The molecule has 0 spiro atoms. The molecule has 2 rings (SSSR count). The molecule has 0 aliphatic carbocycles. The molecule has 78 valence electrons. The molecule has 1 aromatic rings. The van der Waals surface area contributed by atoms with E-state index in [4.69, 9.17) is 5.26 Å². The first-order chi connectivity index (χ1) is 7.38. The molecule has 1 aromatic carbocycles. The molecule has 1 saturated heterocycles. The topological polar surface area (TPSA) is 47.9 Å². The van der Waals surface area contributed by atoms with Crippen LogP contribution in [0.5, 0.6) is 0 Å². The van der Waals surface area contributed by atoms with Crippen LogP contribution in [-0.4, -0.2) is 19.1 Å². The molecular weight excluding hydrogens is 186 g/mol. The van der Waals surface area contributed by atoms with Gasteiger partial charge in [0.1, 0.15) is 0 Å². The Morgan fingerprint density at radius 2 is 1.87 bits per heavy atom. The summed E-state index contributed by atoms with van der Waals surface area (Å²) in [7, 11) is 0. The summed E-state index contributed by atoms with van der Waals surface area (Å²) >= 11 is 0. The van der Waals surface area contributed by atoms with E-state index in [1.165, 1.54) is 12.8 Å². The van der Waals surface area contributed by atoms with Gasteiger partial charge in [0.2, 0.25) is 0 Å². The maximum Gasteiger partial charge on any atom is 0.0991 e. The monoisotopic (exact) mass is 201 g/mol. The lowest BCUT2D eigenvalue weighted by molar-refractivity contribution is 0.479. The van der Waals surface area contributed by atoms with Crippen LogP contribution in [0.15, 0.2) is 24.3 Å². The number of rotatable bonds is 2. The van der Waals surface area contributed by atoms with Crippen molar-refractivity contribution in [2.75, 3.05) is 18.4 Å². The van der Waals surface area contributed by atoms with Crippen LogP contribution >= 0.6 is 0 Å². The fourth-order valence-electron chi connectivity index (χ4n) is 1.84. The molecule has 15 heavy (non-hydrogen) atoms. The van der Waals surface area contributed by atoms with Crippen molar-refractivity contribution < 1.29 is 0 Å². The average Bonchev–Trinajstić information content (AvgIpc) is 2.31. The summed E-state index contributed by atoms with van der Waals surface area (Å²) in [6.07, 6.45) is 2.33. The molecule has 1 aliphatic rings. The third-order valence-corrected chi connectivity index (χ3v) is 2.72. The lowest BCUT2D eigenvalue weighted by Crippen LogP contribution is -2.35. The predicted molar refractivity (Wildman–Crippen MR) is 60.7 cm³/mol. The van der Waals surface area contributed by atoms with Gasteiger partial charge < -0.3 is 10.6 Å². The highest BCUT2D eigenvalue weighted by molar-refractivity contribution is 5.47. The van der Waals surface area contributed by atoms with E-state index in [2.05, 4.69) is 16.7 Å². The Bertz CT molecular complexity index is 344. The van der Waals surface area contributed by atoms with Crippen LogP contribution in [0.25, 0.3) is 0 Å². The third-order valence-electron chi connectivity index (χ3n) is 2.72. The number of nitriles is 1. The van der Waals surface area contributed by atoms with Gasteiger partial charge in [0, 0.05) is 11.7 Å². The zero-order chi connectivity index (χ0) is 10.5. The van der Waals surface area contributed by atoms with Crippen molar-refractivity contribution in [3.8, 4) is 6.07 Å². The van der Waals surface area contributed by atoms with Crippen molar-refractivity contribution >= 4 is 5.69 Å². The third kappa shape index (κ3) is 2.71. The van der Waals surface area contributed by atoms with Gasteiger partial charge in [-0.2, -0.15) is 5.26 Å². The van der Waals surface area contributed by atoms with Crippen molar-refractivity contribution in [1.82, 2.24) is 5.32 Å². The number of benzene rings is 1. The first-order valence-corrected chi connectivity index (χ1v) is 5.36. The Balaban J connectivity index is 1.95. The van der Waals surface area contributed by atoms with Gasteiger partial charge in [-0.25, -0.2) is 0 Å². The van der Waals surface area contributed by atoms with Crippen LogP contribution in [0.1, 0.15) is 18.4 Å². The molecule has 1 aliphatic heterocycles. The van der Waals surface area contributed by atoms with E-state index in [9.17, 15) is 0 Å². The van der Waals surface area contributed by atoms with Gasteiger partial charge in [-0.1, -0.05) is 0 Å². The molecule has 0 unspecified atom stereocenters. The van der Waals surface area contributed by atoms with Crippen molar-refractivity contribution in [3.05, 3.63) is 29.8 Å². The van der Waals surface area contributed by atoms with E-state index < -0.39 is 0 Å². The van der Waals surface area contributed by atoms with Crippen molar-refractivity contribution in [2.45, 2.75) is 18.9 Å². The lowest BCUT2D eigenvalue weighted by atomic mass is 10.1. The van der Waals surface area contributed by atoms with Gasteiger partial charge in [0.05, 0.1) is 11.6 Å². The fraction of sp³-hybridized carbons (Fsp3) is 0.417. The van der Waals surface area contributed by atoms with E-state index in [0.717, 1.165) is 18.8 Å². The van der Waals surface area contributed by atoms with E-state index in [0.29, 0.717) is 11.6 Å². The van der Waals surface area contributed by atoms with Crippen LogP contribution in [0.2, 0.25) is 0 Å². The second kappa shape index (κ2) is 4.81. The number of anilines is 1. The Morgan fingerprint density at radius 1 is 1.20 bits per heavy atom. The second-order valence-electron chi connectivity index (χ2n) is 3.86. The van der Waals surface area contributed by atoms with Crippen LogP contribution in [0.4, 0.5) is 5.69 Å². The van der Waals surface area contributed by atoms with E-state index in [1.807, 2.05) is 24.3 Å². The molecule has 2 N–H and O–H groups in total. The highest BCUT2D eigenvalue weighted by Gasteiger charge is 2.11. The lowest BCUT2D eigenvalue weighted by Gasteiger charge is -2.24. The Hall–Kier alpha value is -1.53. The summed E-state index contributed by atoms with van der Waals surface area (Å²) in [6.45, 7) is 2.18. The predicted octanol–water partition coefficient (Wildman–Crippen LogP) is 1.72. The minimum absolute atomic E-state index is 0.569. The summed E-state index contributed by atoms with van der Waals surface area (Å²) in [4.78, 5) is 0. The van der Waals surface area contributed by atoms with Crippen molar-refractivity contribution in [1.29, 1.82) is 5.26 Å². The van der Waals surface area contributed by atoms with E-state index >= 15 is 0 Å². The van der Waals surface area contributed by atoms with E-state index in [-0.39, 0.29) is 0 Å². The van der Waals surface area contributed by atoms with Crippen LogP contribution in [0.3, 0.4) is 0 Å². The number of piperidine rings is 1. The fourth-order valence-corrected chi connectivity index (χ4v) is 1.84. The average molecular weight is 201 g/mol. The summed E-state index contributed by atoms with van der Waals surface area (Å²) in [6, 6.07) is 10.3. The summed E-state index contributed by atoms with van der Waals surface area (Å²) in [5.41, 5.74) is 1.83. The van der Waals surface area contributed by atoms with E-state index in [1.54, 1.807) is 0 Å². The quantitative estimate of drug-likeness (QED) is 0.766. The molecule has 3 heteroatoms. The van der Waals surface area contributed by atoms with Crippen LogP contribution < -0.4 is 10.6 Å². The number of hydrogen-bond acceptors (Lipinski definition) is 3. The zero-order valence-corrected chi connectivity index (χ0v) is 8.66. The first-order valence-electron chi connectivity index (χ1n) is 5.36. The smallest absolute Gasteiger partial charge is 0.0991 e. The van der Waals surface area contributed by atoms with Gasteiger partial charge in [-0.05, 0) is 50.2 Å². The van der Waals surface area contributed by atoms with Gasteiger partial charge in [-0.15, -0.1) is 0 Å². The molecule has 3 nitrogen and oxygen atoms in total.